The van der Waals surface area contributed by atoms with Gasteiger partial charge in [0, 0.05) is 37.8 Å². The average Bonchev–Trinajstić information content (AvgIpc) is 2.88. The van der Waals surface area contributed by atoms with Crippen LogP contribution in [0.25, 0.3) is 11.3 Å². The number of piperazine rings is 1. The van der Waals surface area contributed by atoms with Crippen LogP contribution in [0.4, 0.5) is 5.82 Å². The van der Waals surface area contributed by atoms with Crippen LogP contribution in [0.1, 0.15) is 0 Å². The molecule has 0 spiro atoms. The zero-order chi connectivity index (χ0) is 23.4. The zero-order valence-corrected chi connectivity index (χ0v) is 19.6. The first-order valence-electron chi connectivity index (χ1n) is 10.4. The van der Waals surface area contributed by atoms with Crippen LogP contribution in [-0.4, -0.2) is 70.4 Å². The highest BCUT2D eigenvalue weighted by Crippen LogP contribution is 2.31. The molecule has 0 unspecified atom stereocenters. The van der Waals surface area contributed by atoms with Crippen LogP contribution >= 0.6 is 0 Å². The summed E-state index contributed by atoms with van der Waals surface area (Å²) in [6.45, 7) is 1.73. The molecular weight excluding hydrogens is 444 g/mol. The van der Waals surface area contributed by atoms with Gasteiger partial charge in [0.2, 0.25) is 10.0 Å². The first kappa shape index (κ1) is 22.8. The monoisotopic (exact) mass is 470 g/mol. The second-order valence-corrected chi connectivity index (χ2v) is 9.35. The fourth-order valence-electron chi connectivity index (χ4n) is 3.69. The second kappa shape index (κ2) is 9.63. The smallest absolute Gasteiger partial charge is 0.243 e. The zero-order valence-electron chi connectivity index (χ0n) is 18.8. The van der Waals surface area contributed by atoms with Gasteiger partial charge >= 0.3 is 0 Å². The Morgan fingerprint density at radius 1 is 0.758 bits per heavy atom. The SMILES string of the molecule is COc1ccc(-c2ccc(N3CCN(S(=O)(=O)c4ccc(OC)c(OC)c4)CC3)nn2)cc1. The number of anilines is 1. The van der Waals surface area contributed by atoms with Gasteiger partial charge in [0.1, 0.15) is 5.75 Å². The lowest BCUT2D eigenvalue weighted by molar-refractivity contribution is 0.353. The number of sulfonamides is 1. The molecule has 1 aliphatic heterocycles. The maximum absolute atomic E-state index is 13.1. The van der Waals surface area contributed by atoms with Gasteiger partial charge in [0.15, 0.2) is 17.3 Å². The summed E-state index contributed by atoms with van der Waals surface area (Å²) in [4.78, 5) is 2.21. The Hall–Kier alpha value is -3.37. The molecule has 9 nitrogen and oxygen atoms in total. The lowest BCUT2D eigenvalue weighted by Gasteiger charge is -2.34. The Kier molecular flexibility index (Phi) is 6.66. The topological polar surface area (TPSA) is 94.1 Å². The molecule has 0 atom stereocenters. The molecule has 0 amide bonds. The second-order valence-electron chi connectivity index (χ2n) is 7.41. The minimum absolute atomic E-state index is 0.178. The van der Waals surface area contributed by atoms with Gasteiger partial charge in [-0.05, 0) is 48.5 Å². The maximum atomic E-state index is 13.1. The van der Waals surface area contributed by atoms with E-state index in [-0.39, 0.29) is 4.90 Å². The third kappa shape index (κ3) is 4.71. The number of nitrogens with zero attached hydrogens (tertiary/aromatic N) is 4. The normalized spacial score (nSPS) is 14.7. The highest BCUT2D eigenvalue weighted by atomic mass is 32.2. The van der Waals surface area contributed by atoms with Gasteiger partial charge in [-0.15, -0.1) is 10.2 Å². The Morgan fingerprint density at radius 3 is 2.03 bits per heavy atom. The highest BCUT2D eigenvalue weighted by Gasteiger charge is 2.29. The highest BCUT2D eigenvalue weighted by molar-refractivity contribution is 7.89. The van der Waals surface area contributed by atoms with Crippen molar-refractivity contribution in [2.45, 2.75) is 4.90 Å². The summed E-state index contributed by atoms with van der Waals surface area (Å²) >= 11 is 0. The van der Waals surface area contributed by atoms with Crippen molar-refractivity contribution >= 4 is 15.8 Å². The summed E-state index contributed by atoms with van der Waals surface area (Å²) < 4.78 is 43.4. The van der Waals surface area contributed by atoms with E-state index < -0.39 is 10.0 Å². The molecule has 2 aromatic carbocycles. The van der Waals surface area contributed by atoms with Crippen molar-refractivity contribution in [3.05, 3.63) is 54.6 Å². The lowest BCUT2D eigenvalue weighted by atomic mass is 10.1. The van der Waals surface area contributed by atoms with Crippen LogP contribution in [0, 0.1) is 0 Å². The van der Waals surface area contributed by atoms with Crippen molar-refractivity contribution < 1.29 is 22.6 Å². The molecule has 1 aromatic heterocycles. The molecule has 10 heteroatoms. The molecule has 4 rings (SSSR count). The van der Waals surface area contributed by atoms with Crippen LogP contribution in [0.15, 0.2) is 59.5 Å². The van der Waals surface area contributed by atoms with E-state index in [1.165, 1.54) is 30.7 Å². The molecule has 0 bridgehead atoms. The van der Waals surface area contributed by atoms with Gasteiger partial charge in [0.25, 0.3) is 0 Å². The molecule has 3 aromatic rings. The van der Waals surface area contributed by atoms with Crippen LogP contribution < -0.4 is 19.1 Å². The first-order valence-corrected chi connectivity index (χ1v) is 11.9. The predicted molar refractivity (Wildman–Crippen MR) is 125 cm³/mol. The standard InChI is InChI=1S/C23H26N4O5S/c1-30-18-6-4-17(5-7-18)20-9-11-23(25-24-20)26-12-14-27(15-13-26)33(28,29)19-8-10-21(31-2)22(16-19)32-3/h4-11,16H,12-15H2,1-3H3. The van der Waals surface area contributed by atoms with E-state index in [2.05, 4.69) is 10.2 Å². The van der Waals surface area contributed by atoms with Crippen LogP contribution in [-0.2, 0) is 10.0 Å². The summed E-state index contributed by atoms with van der Waals surface area (Å²) in [6, 6.07) is 16.1. The molecular formula is C23H26N4O5S. The van der Waals surface area contributed by atoms with Crippen molar-refractivity contribution in [3.8, 4) is 28.5 Å². The fourth-order valence-corrected chi connectivity index (χ4v) is 5.13. The van der Waals surface area contributed by atoms with E-state index in [1.807, 2.05) is 41.3 Å². The molecule has 0 aliphatic carbocycles. The molecule has 0 saturated carbocycles. The summed E-state index contributed by atoms with van der Waals surface area (Å²) in [6.07, 6.45) is 0. The predicted octanol–water partition coefficient (Wildman–Crippen LogP) is 2.68. The van der Waals surface area contributed by atoms with Crippen molar-refractivity contribution in [2.75, 3.05) is 52.4 Å². The lowest BCUT2D eigenvalue weighted by Crippen LogP contribution is -2.49. The Labute approximate surface area is 193 Å². The minimum atomic E-state index is -3.65. The molecule has 0 N–H and O–H groups in total. The fraction of sp³-hybridized carbons (Fsp3) is 0.304. The Bertz CT molecular complexity index is 1190. The summed E-state index contributed by atoms with van der Waals surface area (Å²) in [5.74, 6) is 2.36. The quantitative estimate of drug-likeness (QED) is 0.520. The first-order chi connectivity index (χ1) is 16.0. The number of hydrogen-bond acceptors (Lipinski definition) is 8. The van der Waals surface area contributed by atoms with E-state index in [0.29, 0.717) is 37.7 Å². The summed E-state index contributed by atoms with van der Waals surface area (Å²) in [5, 5.41) is 8.70. The summed E-state index contributed by atoms with van der Waals surface area (Å²) in [5.41, 5.74) is 1.71. The number of benzene rings is 2. The van der Waals surface area contributed by atoms with E-state index in [1.54, 1.807) is 13.2 Å². The number of ether oxygens (including phenoxy) is 3. The number of hydrogen-bond donors (Lipinski definition) is 0. The van der Waals surface area contributed by atoms with E-state index in [0.717, 1.165) is 22.8 Å². The van der Waals surface area contributed by atoms with Crippen molar-refractivity contribution in [3.63, 3.8) is 0 Å². The van der Waals surface area contributed by atoms with Crippen molar-refractivity contribution in [2.24, 2.45) is 0 Å². The third-order valence-corrected chi connectivity index (χ3v) is 7.49. The number of aromatic nitrogens is 2. The minimum Gasteiger partial charge on any atom is -0.497 e. The van der Waals surface area contributed by atoms with Crippen LogP contribution in [0.5, 0.6) is 17.2 Å². The van der Waals surface area contributed by atoms with Crippen molar-refractivity contribution in [1.82, 2.24) is 14.5 Å². The van der Waals surface area contributed by atoms with Gasteiger partial charge in [0.05, 0.1) is 31.9 Å². The van der Waals surface area contributed by atoms with Gasteiger partial charge < -0.3 is 19.1 Å². The molecule has 0 radical (unpaired) electrons. The molecule has 174 valence electrons. The van der Waals surface area contributed by atoms with Crippen LogP contribution in [0.2, 0.25) is 0 Å². The summed E-state index contributed by atoms with van der Waals surface area (Å²) in [7, 11) is 0.970. The van der Waals surface area contributed by atoms with Gasteiger partial charge in [-0.25, -0.2) is 8.42 Å². The Balaban J connectivity index is 1.43. The average molecular weight is 471 g/mol. The van der Waals surface area contributed by atoms with E-state index in [9.17, 15) is 8.42 Å². The molecule has 2 heterocycles. The molecule has 33 heavy (non-hydrogen) atoms. The molecule has 1 aliphatic rings. The number of methoxy groups -OCH3 is 3. The van der Waals surface area contributed by atoms with Gasteiger partial charge in [-0.1, -0.05) is 0 Å². The van der Waals surface area contributed by atoms with E-state index >= 15 is 0 Å². The van der Waals surface area contributed by atoms with Crippen LogP contribution in [0.3, 0.4) is 0 Å². The van der Waals surface area contributed by atoms with Crippen molar-refractivity contribution in [1.29, 1.82) is 0 Å². The van der Waals surface area contributed by atoms with Gasteiger partial charge in [-0.2, -0.15) is 4.31 Å². The molecule has 1 fully saturated rings. The largest absolute Gasteiger partial charge is 0.497 e. The number of rotatable bonds is 7. The maximum Gasteiger partial charge on any atom is 0.243 e. The molecule has 1 saturated heterocycles. The van der Waals surface area contributed by atoms with E-state index in [4.69, 9.17) is 14.2 Å². The Morgan fingerprint density at radius 2 is 1.45 bits per heavy atom. The third-order valence-electron chi connectivity index (χ3n) is 5.59. The van der Waals surface area contributed by atoms with Gasteiger partial charge in [-0.3, -0.25) is 0 Å².